The van der Waals surface area contributed by atoms with Gasteiger partial charge in [0.15, 0.2) is 5.82 Å². The van der Waals surface area contributed by atoms with Crippen LogP contribution in [0, 0.1) is 0 Å². The highest BCUT2D eigenvalue weighted by atomic mass is 32.1. The van der Waals surface area contributed by atoms with Gasteiger partial charge >= 0.3 is 12.3 Å². The number of halogens is 3. The van der Waals surface area contributed by atoms with E-state index in [-0.39, 0.29) is 11.3 Å². The molecular weight excluding hydrogens is 433 g/mol. The summed E-state index contributed by atoms with van der Waals surface area (Å²) >= 11 is 1.13. The van der Waals surface area contributed by atoms with E-state index in [1.54, 1.807) is 32.4 Å². The van der Waals surface area contributed by atoms with Crippen LogP contribution in [0.5, 0.6) is 0 Å². The van der Waals surface area contributed by atoms with Crippen LogP contribution < -0.4 is 9.40 Å². The topological polar surface area (TPSA) is 60.3 Å². The molecule has 0 bridgehead atoms. The second kappa shape index (κ2) is 6.94. The summed E-state index contributed by atoms with van der Waals surface area (Å²) in [5.74, 6) is 0.0396. The average molecular weight is 459 g/mol. The number of rotatable bonds is 2. The molecule has 0 aliphatic heterocycles. The van der Waals surface area contributed by atoms with Crippen molar-refractivity contribution in [1.82, 2.24) is 14.5 Å². The first-order valence-electron chi connectivity index (χ1n) is 9.34. The van der Waals surface area contributed by atoms with E-state index in [4.69, 9.17) is 4.74 Å². The Hall–Kier alpha value is -2.14. The number of imidazole rings is 1. The zero-order valence-corrected chi connectivity index (χ0v) is 20.0. The molecule has 0 spiro atoms. The highest BCUT2D eigenvalue weighted by Gasteiger charge is 2.42. The second-order valence-corrected chi connectivity index (χ2v) is 15.6. The van der Waals surface area contributed by atoms with E-state index < -0.39 is 31.5 Å². The number of alkyl halides is 3. The number of carbonyl (C=O) groups excluding carboxylic acids is 1. The fourth-order valence-corrected chi connectivity index (χ4v) is 6.79. The van der Waals surface area contributed by atoms with E-state index in [1.165, 1.54) is 13.4 Å². The van der Waals surface area contributed by atoms with Gasteiger partial charge in [0.05, 0.1) is 35.7 Å². The Kier molecular flexibility index (Phi) is 5.22. The lowest BCUT2D eigenvalue weighted by Crippen LogP contribution is -2.39. The first-order chi connectivity index (χ1) is 13.5. The number of carbonyl (C=O) groups is 1. The van der Waals surface area contributed by atoms with Gasteiger partial charge in [0, 0.05) is 18.6 Å². The molecule has 0 atom stereocenters. The number of ether oxygens (including phenoxy) is 1. The largest absolute Gasteiger partial charge is 0.443 e. The minimum absolute atomic E-state index is 0.0396. The predicted molar refractivity (Wildman–Crippen MR) is 117 cm³/mol. The molecule has 11 heteroatoms. The Balaban J connectivity index is 2.39. The van der Waals surface area contributed by atoms with Gasteiger partial charge in [-0.15, -0.1) is 11.3 Å². The quantitative estimate of drug-likeness (QED) is 0.500. The van der Waals surface area contributed by atoms with Crippen LogP contribution in [0.2, 0.25) is 19.6 Å². The Bertz CT molecular complexity index is 1140. The van der Waals surface area contributed by atoms with Crippen molar-refractivity contribution in [3.05, 3.63) is 11.9 Å². The maximum absolute atomic E-state index is 14.1. The normalized spacial score (nSPS) is 13.3. The lowest BCUT2D eigenvalue weighted by atomic mass is 10.2. The summed E-state index contributed by atoms with van der Waals surface area (Å²) in [5.41, 5.74) is -0.737. The minimum atomic E-state index is -4.56. The number of aryl methyl sites for hydroxylation is 1. The number of fused-ring (bicyclic) bond motifs is 3. The Labute approximate surface area is 177 Å². The summed E-state index contributed by atoms with van der Waals surface area (Å²) in [6.07, 6.45) is -3.76. The molecule has 0 saturated heterocycles. The molecule has 0 radical (unpaired) electrons. The third-order valence-corrected chi connectivity index (χ3v) is 9.17. The van der Waals surface area contributed by atoms with Gasteiger partial charge < -0.3 is 9.30 Å². The van der Waals surface area contributed by atoms with Gasteiger partial charge in [0.1, 0.15) is 11.1 Å². The van der Waals surface area contributed by atoms with Crippen LogP contribution >= 0.6 is 11.3 Å². The van der Waals surface area contributed by atoms with Crippen LogP contribution in [0.4, 0.5) is 23.8 Å². The van der Waals surface area contributed by atoms with Gasteiger partial charge in [0.25, 0.3) is 0 Å². The van der Waals surface area contributed by atoms with Crippen molar-refractivity contribution < 1.29 is 22.7 Å². The number of nitrogens with zero attached hydrogens (tertiary/aromatic N) is 4. The van der Waals surface area contributed by atoms with Crippen molar-refractivity contribution in [2.75, 3.05) is 11.9 Å². The summed E-state index contributed by atoms with van der Waals surface area (Å²) in [6, 6.07) is 0. The standard InChI is InChI=1S/C19H25F3N4O2SSi/c1-18(2,3)28-17(27)26(5)15-12-13(25(4)9-23-12)14-11(24-15)10(19(20,21)22)16(29-14)30(6,7)8/h9H,1-8H3. The minimum Gasteiger partial charge on any atom is -0.443 e. The molecule has 164 valence electrons. The fraction of sp³-hybridized carbons (Fsp3) is 0.526. The van der Waals surface area contributed by atoms with Crippen molar-refractivity contribution >= 4 is 57.1 Å². The zero-order valence-electron chi connectivity index (χ0n) is 18.2. The van der Waals surface area contributed by atoms with E-state index in [2.05, 4.69) is 9.97 Å². The van der Waals surface area contributed by atoms with Gasteiger partial charge in [-0.3, -0.25) is 4.90 Å². The molecule has 0 unspecified atom stereocenters. The molecule has 30 heavy (non-hydrogen) atoms. The van der Waals surface area contributed by atoms with Crippen LogP contribution in [0.25, 0.3) is 21.3 Å². The van der Waals surface area contributed by atoms with Crippen LogP contribution in [-0.2, 0) is 18.0 Å². The highest BCUT2D eigenvalue weighted by Crippen LogP contribution is 2.42. The monoisotopic (exact) mass is 458 g/mol. The first kappa shape index (κ1) is 22.5. The third-order valence-electron chi connectivity index (χ3n) is 4.41. The number of hydrogen-bond acceptors (Lipinski definition) is 5. The number of thiophene rings is 1. The molecule has 0 fully saturated rings. The molecule has 1 amide bonds. The molecule has 0 aliphatic carbocycles. The van der Waals surface area contributed by atoms with E-state index >= 15 is 0 Å². The van der Waals surface area contributed by atoms with Crippen molar-refractivity contribution in [3.63, 3.8) is 0 Å². The van der Waals surface area contributed by atoms with Crippen LogP contribution in [0.1, 0.15) is 26.3 Å². The number of anilines is 1. The van der Waals surface area contributed by atoms with Crippen molar-refractivity contribution in [3.8, 4) is 0 Å². The van der Waals surface area contributed by atoms with Crippen molar-refractivity contribution in [2.45, 2.75) is 52.2 Å². The van der Waals surface area contributed by atoms with Gasteiger partial charge in [-0.2, -0.15) is 13.2 Å². The van der Waals surface area contributed by atoms with Gasteiger partial charge in [-0.05, 0) is 20.8 Å². The lowest BCUT2D eigenvalue weighted by molar-refractivity contribution is -0.135. The predicted octanol–water partition coefficient (Wildman–Crippen LogP) is 5.12. The Morgan fingerprint density at radius 3 is 2.30 bits per heavy atom. The SMILES string of the molecule is CN(C(=O)OC(C)(C)C)c1nc2c(C(F)(F)F)c([Si](C)(C)C)sc2c2c1ncn2C. The van der Waals surface area contributed by atoms with Gasteiger partial charge in [0.2, 0.25) is 0 Å². The van der Waals surface area contributed by atoms with E-state index in [9.17, 15) is 18.0 Å². The smallest absolute Gasteiger partial charge is 0.419 e. The summed E-state index contributed by atoms with van der Waals surface area (Å²) < 4.78 is 50.2. The highest BCUT2D eigenvalue weighted by molar-refractivity contribution is 7.32. The maximum Gasteiger partial charge on any atom is 0.419 e. The molecule has 0 aromatic carbocycles. The number of amides is 1. The summed E-state index contributed by atoms with van der Waals surface area (Å²) in [4.78, 5) is 22.4. The van der Waals surface area contributed by atoms with Gasteiger partial charge in [-0.25, -0.2) is 14.8 Å². The maximum atomic E-state index is 14.1. The molecule has 0 saturated carbocycles. The van der Waals surface area contributed by atoms with Crippen LogP contribution in [-0.4, -0.2) is 41.4 Å². The van der Waals surface area contributed by atoms with Crippen molar-refractivity contribution in [2.24, 2.45) is 7.05 Å². The van der Waals surface area contributed by atoms with Crippen molar-refractivity contribution in [1.29, 1.82) is 0 Å². The summed E-state index contributed by atoms with van der Waals surface area (Å²) in [5, 5.41) is 0. The number of aromatic nitrogens is 3. The number of pyridine rings is 1. The Morgan fingerprint density at radius 1 is 1.20 bits per heavy atom. The molecule has 3 heterocycles. The van der Waals surface area contributed by atoms with E-state index in [1.807, 2.05) is 19.6 Å². The zero-order chi connectivity index (χ0) is 22.8. The van der Waals surface area contributed by atoms with Crippen LogP contribution in [0.15, 0.2) is 6.33 Å². The lowest BCUT2D eigenvalue weighted by Gasteiger charge is -2.24. The second-order valence-electron chi connectivity index (χ2n) is 9.26. The third kappa shape index (κ3) is 3.92. The average Bonchev–Trinajstić information content (AvgIpc) is 3.11. The molecule has 3 rings (SSSR count). The number of hydrogen-bond donors (Lipinski definition) is 0. The molecule has 0 N–H and O–H groups in total. The Morgan fingerprint density at radius 2 is 1.80 bits per heavy atom. The molecular formula is C19H25F3N4O2SSi. The summed E-state index contributed by atoms with van der Waals surface area (Å²) in [6.45, 7) is 10.8. The molecule has 3 aromatic heterocycles. The first-order valence-corrected chi connectivity index (χ1v) is 13.7. The molecule has 0 aliphatic rings. The molecule has 6 nitrogen and oxygen atoms in total. The van der Waals surface area contributed by atoms with E-state index in [0.29, 0.717) is 20.2 Å². The fourth-order valence-electron chi connectivity index (χ4n) is 3.15. The van der Waals surface area contributed by atoms with E-state index in [0.717, 1.165) is 16.2 Å². The summed E-state index contributed by atoms with van der Waals surface area (Å²) in [7, 11) is 0.812. The van der Waals surface area contributed by atoms with Crippen LogP contribution in [0.3, 0.4) is 0 Å². The molecule has 3 aromatic rings. The van der Waals surface area contributed by atoms with Gasteiger partial charge in [-0.1, -0.05) is 19.6 Å².